The van der Waals surface area contributed by atoms with Gasteiger partial charge >= 0.3 is 6.09 Å². The van der Waals surface area contributed by atoms with E-state index < -0.39 is 16.9 Å². The molecule has 1 N–H and O–H groups in total. The summed E-state index contributed by atoms with van der Waals surface area (Å²) in [5.74, 6) is -0.739. The Morgan fingerprint density at radius 3 is 2.67 bits per heavy atom. The Balaban J connectivity index is 2.90. The lowest BCUT2D eigenvalue weighted by atomic mass is 10.1. The smallest absolute Gasteiger partial charge is 0.414 e. The van der Waals surface area contributed by atoms with Gasteiger partial charge in [0.2, 0.25) is 0 Å². The van der Waals surface area contributed by atoms with Gasteiger partial charge in [0.25, 0.3) is 11.6 Å². The van der Waals surface area contributed by atoms with Crippen LogP contribution in [0.5, 0.6) is 0 Å². The lowest BCUT2D eigenvalue weighted by Crippen LogP contribution is -2.31. The first-order valence-corrected chi connectivity index (χ1v) is 5.18. The molecule has 0 bridgehead atoms. The van der Waals surface area contributed by atoms with Gasteiger partial charge in [-0.05, 0) is 19.9 Å². The van der Waals surface area contributed by atoms with Gasteiger partial charge in [0.1, 0.15) is 0 Å². The van der Waals surface area contributed by atoms with Crippen LogP contribution < -0.4 is 5.32 Å². The molecule has 7 heteroatoms. The van der Waals surface area contributed by atoms with Crippen LogP contribution in [0.4, 0.5) is 10.5 Å². The molecule has 0 aromatic heterocycles. The third-order valence-electron chi connectivity index (χ3n) is 2.16. The summed E-state index contributed by atoms with van der Waals surface area (Å²) in [7, 11) is 0. The fraction of sp³-hybridized carbons (Fsp3) is 0.273. The number of carbonyl (C=O) groups excluding carboxylic acids is 2. The molecule has 0 saturated carbocycles. The second-order valence-corrected chi connectivity index (χ2v) is 3.43. The van der Waals surface area contributed by atoms with Gasteiger partial charge in [0, 0.05) is 17.2 Å². The predicted molar refractivity (Wildman–Crippen MR) is 62.3 cm³/mol. The Bertz CT molecular complexity index is 498. The SMILES string of the molecule is CCOC(=O)NC(=O)c1ccc(C)c([N+](=O)[O-])c1. The van der Waals surface area contributed by atoms with Crippen LogP contribution in [0.1, 0.15) is 22.8 Å². The molecule has 0 aliphatic rings. The third kappa shape index (κ3) is 3.27. The quantitative estimate of drug-likeness (QED) is 0.653. The Morgan fingerprint density at radius 2 is 2.11 bits per heavy atom. The van der Waals surface area contributed by atoms with E-state index in [1.54, 1.807) is 13.8 Å². The number of amides is 2. The zero-order valence-electron chi connectivity index (χ0n) is 9.93. The van der Waals surface area contributed by atoms with Gasteiger partial charge in [0.15, 0.2) is 0 Å². The normalized spacial score (nSPS) is 9.67. The number of ether oxygens (including phenoxy) is 1. The summed E-state index contributed by atoms with van der Waals surface area (Å²) < 4.78 is 4.53. The van der Waals surface area contributed by atoms with Crippen LogP contribution in [0.15, 0.2) is 18.2 Å². The highest BCUT2D eigenvalue weighted by molar-refractivity contribution is 6.03. The second-order valence-electron chi connectivity index (χ2n) is 3.43. The molecule has 1 rings (SSSR count). The molecule has 2 amide bonds. The topological polar surface area (TPSA) is 98.5 Å². The zero-order valence-corrected chi connectivity index (χ0v) is 9.93. The lowest BCUT2D eigenvalue weighted by molar-refractivity contribution is -0.385. The Kier molecular flexibility index (Phi) is 4.36. The molecule has 1 aromatic carbocycles. The summed E-state index contributed by atoms with van der Waals surface area (Å²) in [5, 5.41) is 12.7. The summed E-state index contributed by atoms with van der Waals surface area (Å²) in [6.07, 6.45) is -0.884. The van der Waals surface area contributed by atoms with Crippen LogP contribution in [0.25, 0.3) is 0 Å². The maximum absolute atomic E-state index is 11.6. The Morgan fingerprint density at radius 1 is 1.44 bits per heavy atom. The Hall–Kier alpha value is -2.44. The van der Waals surface area contributed by atoms with E-state index in [1.165, 1.54) is 12.1 Å². The number of benzene rings is 1. The van der Waals surface area contributed by atoms with Crippen molar-refractivity contribution in [1.82, 2.24) is 5.32 Å². The van der Waals surface area contributed by atoms with Crippen molar-refractivity contribution < 1.29 is 19.2 Å². The zero-order chi connectivity index (χ0) is 13.7. The van der Waals surface area contributed by atoms with Crippen molar-refractivity contribution in [2.45, 2.75) is 13.8 Å². The van der Waals surface area contributed by atoms with Crippen molar-refractivity contribution in [3.63, 3.8) is 0 Å². The fourth-order valence-electron chi connectivity index (χ4n) is 1.28. The summed E-state index contributed by atoms with van der Waals surface area (Å²) in [6.45, 7) is 3.29. The van der Waals surface area contributed by atoms with Crippen molar-refractivity contribution in [2.24, 2.45) is 0 Å². The minimum atomic E-state index is -0.884. The standard InChI is InChI=1S/C11H12N2O5/c1-3-18-11(15)12-10(14)8-5-4-7(2)9(6-8)13(16)17/h4-6H,3H2,1-2H3,(H,12,14,15). The highest BCUT2D eigenvalue weighted by Crippen LogP contribution is 2.19. The molecule has 0 aliphatic heterocycles. The molecule has 0 unspecified atom stereocenters. The number of aryl methyl sites for hydroxylation is 1. The van der Waals surface area contributed by atoms with Gasteiger partial charge in [0.05, 0.1) is 11.5 Å². The Labute approximate surface area is 103 Å². The summed E-state index contributed by atoms with van der Waals surface area (Å²) in [5.41, 5.74) is 0.291. The number of hydrogen-bond donors (Lipinski definition) is 1. The van der Waals surface area contributed by atoms with E-state index in [4.69, 9.17) is 0 Å². The molecule has 0 heterocycles. The van der Waals surface area contributed by atoms with Gasteiger partial charge in [-0.2, -0.15) is 0 Å². The first kappa shape index (κ1) is 13.6. The van der Waals surface area contributed by atoms with Crippen molar-refractivity contribution in [1.29, 1.82) is 0 Å². The molecule has 0 spiro atoms. The molecule has 1 aromatic rings. The molecule has 96 valence electrons. The van der Waals surface area contributed by atoms with Crippen LogP contribution in [-0.4, -0.2) is 23.5 Å². The van der Waals surface area contributed by atoms with Gasteiger partial charge < -0.3 is 4.74 Å². The van der Waals surface area contributed by atoms with Crippen molar-refractivity contribution >= 4 is 17.7 Å². The number of nitro groups is 1. The summed E-state index contributed by atoms with van der Waals surface area (Å²) in [4.78, 5) is 32.7. The molecule has 0 atom stereocenters. The van der Waals surface area contributed by atoms with E-state index in [2.05, 4.69) is 4.74 Å². The summed E-state index contributed by atoms with van der Waals surface area (Å²) >= 11 is 0. The van der Waals surface area contributed by atoms with Crippen LogP contribution in [0, 0.1) is 17.0 Å². The number of nitrogens with zero attached hydrogens (tertiary/aromatic N) is 1. The second kappa shape index (κ2) is 5.76. The molecule has 0 aliphatic carbocycles. The number of imide groups is 1. The number of nitro benzene ring substituents is 1. The van der Waals surface area contributed by atoms with E-state index in [0.29, 0.717) is 5.56 Å². The highest BCUT2D eigenvalue weighted by Gasteiger charge is 2.16. The first-order valence-electron chi connectivity index (χ1n) is 5.18. The van der Waals surface area contributed by atoms with E-state index in [1.807, 2.05) is 5.32 Å². The number of hydrogen-bond acceptors (Lipinski definition) is 5. The fourth-order valence-corrected chi connectivity index (χ4v) is 1.28. The number of rotatable bonds is 3. The van der Waals surface area contributed by atoms with E-state index >= 15 is 0 Å². The van der Waals surface area contributed by atoms with Crippen LogP contribution in [0.2, 0.25) is 0 Å². The molecule has 18 heavy (non-hydrogen) atoms. The third-order valence-corrected chi connectivity index (χ3v) is 2.16. The molecule has 0 saturated heterocycles. The van der Waals surface area contributed by atoms with E-state index in [9.17, 15) is 19.7 Å². The summed E-state index contributed by atoms with van der Waals surface area (Å²) in [6, 6.07) is 3.96. The van der Waals surface area contributed by atoms with Gasteiger partial charge in [-0.1, -0.05) is 6.07 Å². The van der Waals surface area contributed by atoms with Crippen molar-refractivity contribution in [3.8, 4) is 0 Å². The van der Waals surface area contributed by atoms with Gasteiger partial charge in [-0.3, -0.25) is 20.2 Å². The van der Waals surface area contributed by atoms with Crippen LogP contribution in [0.3, 0.4) is 0 Å². The highest BCUT2D eigenvalue weighted by atomic mass is 16.6. The number of nitrogens with one attached hydrogen (secondary N) is 1. The maximum atomic E-state index is 11.6. The molecule has 7 nitrogen and oxygen atoms in total. The maximum Gasteiger partial charge on any atom is 0.414 e. The van der Waals surface area contributed by atoms with E-state index in [0.717, 1.165) is 6.07 Å². The molecule has 0 fully saturated rings. The van der Waals surface area contributed by atoms with Gasteiger partial charge in [-0.15, -0.1) is 0 Å². The minimum absolute atomic E-state index is 0.0281. The van der Waals surface area contributed by atoms with Crippen molar-refractivity contribution in [2.75, 3.05) is 6.61 Å². The van der Waals surface area contributed by atoms with Crippen LogP contribution >= 0.6 is 0 Å². The average molecular weight is 252 g/mol. The largest absolute Gasteiger partial charge is 0.450 e. The predicted octanol–water partition coefficient (Wildman–Crippen LogP) is 1.79. The minimum Gasteiger partial charge on any atom is -0.450 e. The number of alkyl carbamates (subject to hydrolysis) is 1. The van der Waals surface area contributed by atoms with Crippen molar-refractivity contribution in [3.05, 3.63) is 39.4 Å². The first-order chi connectivity index (χ1) is 8.45. The molecule has 0 radical (unpaired) electrons. The molecular formula is C11H12N2O5. The van der Waals surface area contributed by atoms with Crippen LogP contribution in [-0.2, 0) is 4.74 Å². The molecular weight excluding hydrogens is 240 g/mol. The lowest BCUT2D eigenvalue weighted by Gasteiger charge is -2.04. The monoisotopic (exact) mass is 252 g/mol. The van der Waals surface area contributed by atoms with E-state index in [-0.39, 0.29) is 17.9 Å². The van der Waals surface area contributed by atoms with Gasteiger partial charge in [-0.25, -0.2) is 4.79 Å². The number of carbonyl (C=O) groups is 2. The average Bonchev–Trinajstić information content (AvgIpc) is 2.29.